The number of hydrogen-bond acceptors (Lipinski definition) is 4. The summed E-state index contributed by atoms with van der Waals surface area (Å²) >= 11 is 12.4. The van der Waals surface area contributed by atoms with Gasteiger partial charge in [0.1, 0.15) is 22.2 Å². The monoisotopic (exact) mass is 328 g/mol. The minimum absolute atomic E-state index is 0.200. The van der Waals surface area contributed by atoms with Gasteiger partial charge in [-0.15, -0.1) is 0 Å². The third-order valence-electron chi connectivity index (χ3n) is 3.07. The molecule has 0 amide bonds. The van der Waals surface area contributed by atoms with Crippen molar-refractivity contribution in [3.05, 3.63) is 46.2 Å². The van der Waals surface area contributed by atoms with Crippen molar-refractivity contribution in [3.8, 4) is 11.1 Å². The van der Waals surface area contributed by atoms with Gasteiger partial charge in [-0.3, -0.25) is 0 Å². The van der Waals surface area contributed by atoms with E-state index in [-0.39, 0.29) is 22.2 Å². The molecule has 2 heterocycles. The number of ether oxygens (including phenoxy) is 2. The van der Waals surface area contributed by atoms with Crippen LogP contribution in [0.4, 0.5) is 4.39 Å². The Labute approximate surface area is 130 Å². The summed E-state index contributed by atoms with van der Waals surface area (Å²) in [5, 5.41) is 0.400. The molecule has 0 radical (unpaired) electrons. The molecule has 1 aromatic carbocycles. The van der Waals surface area contributed by atoms with Crippen molar-refractivity contribution in [2.24, 2.45) is 0 Å². The first-order valence-electron chi connectivity index (χ1n) is 6.33. The van der Waals surface area contributed by atoms with Gasteiger partial charge < -0.3 is 9.47 Å². The Morgan fingerprint density at radius 2 is 1.71 bits per heavy atom. The zero-order valence-corrected chi connectivity index (χ0v) is 12.4. The van der Waals surface area contributed by atoms with Crippen LogP contribution in [0.1, 0.15) is 11.9 Å². The van der Waals surface area contributed by atoms with Crippen molar-refractivity contribution in [2.45, 2.75) is 6.10 Å². The molecule has 110 valence electrons. The first-order chi connectivity index (χ1) is 10.1. The molecule has 7 heteroatoms. The maximum absolute atomic E-state index is 13.0. The lowest BCUT2D eigenvalue weighted by Crippen LogP contribution is -2.23. The van der Waals surface area contributed by atoms with Crippen LogP contribution in [0.2, 0.25) is 10.3 Å². The number of hydrogen-bond donors (Lipinski definition) is 0. The molecule has 1 saturated heterocycles. The maximum atomic E-state index is 13.0. The maximum Gasteiger partial charge on any atom is 0.162 e. The SMILES string of the molecule is Fc1ccc(-c2c(Cl)nc(C3COCCO3)nc2Cl)cc1. The van der Waals surface area contributed by atoms with Gasteiger partial charge in [0.15, 0.2) is 5.82 Å². The molecule has 1 aliphatic heterocycles. The minimum atomic E-state index is -0.379. The lowest BCUT2D eigenvalue weighted by Gasteiger charge is -2.22. The molecule has 1 aliphatic rings. The molecule has 1 fully saturated rings. The van der Waals surface area contributed by atoms with Crippen LogP contribution in [-0.2, 0) is 9.47 Å². The van der Waals surface area contributed by atoms with E-state index in [0.717, 1.165) is 0 Å². The highest BCUT2D eigenvalue weighted by atomic mass is 35.5. The van der Waals surface area contributed by atoms with E-state index >= 15 is 0 Å². The van der Waals surface area contributed by atoms with Crippen LogP contribution < -0.4 is 0 Å². The van der Waals surface area contributed by atoms with Crippen LogP contribution >= 0.6 is 23.2 Å². The van der Waals surface area contributed by atoms with Crippen molar-refractivity contribution in [1.82, 2.24) is 9.97 Å². The second-order valence-electron chi connectivity index (χ2n) is 4.48. The van der Waals surface area contributed by atoms with Crippen molar-refractivity contribution in [1.29, 1.82) is 0 Å². The summed E-state index contributed by atoms with van der Waals surface area (Å²) in [6.45, 7) is 1.39. The van der Waals surface area contributed by atoms with Crippen molar-refractivity contribution < 1.29 is 13.9 Å². The van der Waals surface area contributed by atoms with Gasteiger partial charge >= 0.3 is 0 Å². The number of halogens is 3. The standard InChI is InChI=1S/C14H11Cl2FN2O2/c15-12-11(8-1-3-9(17)4-2-8)13(16)19-14(18-12)10-7-20-5-6-21-10/h1-4,10H,5-7H2. The molecule has 2 aromatic rings. The average Bonchev–Trinajstić information content (AvgIpc) is 2.49. The fourth-order valence-electron chi connectivity index (χ4n) is 2.06. The number of aromatic nitrogens is 2. The third kappa shape index (κ3) is 3.16. The molecule has 0 aliphatic carbocycles. The highest BCUT2D eigenvalue weighted by molar-refractivity contribution is 6.37. The fourth-order valence-corrected chi connectivity index (χ4v) is 2.68. The summed E-state index contributed by atoms with van der Waals surface area (Å²) in [6, 6.07) is 5.80. The summed E-state index contributed by atoms with van der Waals surface area (Å²) in [7, 11) is 0. The van der Waals surface area contributed by atoms with E-state index in [4.69, 9.17) is 32.7 Å². The normalized spacial score (nSPS) is 18.7. The van der Waals surface area contributed by atoms with Gasteiger partial charge in [-0.05, 0) is 17.7 Å². The molecule has 1 aromatic heterocycles. The van der Waals surface area contributed by atoms with Crippen molar-refractivity contribution in [3.63, 3.8) is 0 Å². The second kappa shape index (κ2) is 6.23. The molecular weight excluding hydrogens is 318 g/mol. The average molecular weight is 329 g/mol. The van der Waals surface area contributed by atoms with E-state index < -0.39 is 0 Å². The lowest BCUT2D eigenvalue weighted by atomic mass is 10.1. The van der Waals surface area contributed by atoms with Gasteiger partial charge in [0.2, 0.25) is 0 Å². The second-order valence-corrected chi connectivity index (χ2v) is 5.20. The zero-order valence-electron chi connectivity index (χ0n) is 10.9. The highest BCUT2D eigenvalue weighted by Gasteiger charge is 2.23. The number of rotatable bonds is 2. The lowest BCUT2D eigenvalue weighted by molar-refractivity contribution is -0.0935. The zero-order chi connectivity index (χ0) is 14.8. The van der Waals surface area contributed by atoms with E-state index in [2.05, 4.69) is 9.97 Å². The predicted octanol–water partition coefficient (Wildman–Crippen LogP) is 3.68. The molecule has 4 nitrogen and oxygen atoms in total. The summed E-state index contributed by atoms with van der Waals surface area (Å²) in [4.78, 5) is 8.46. The Kier molecular flexibility index (Phi) is 4.35. The highest BCUT2D eigenvalue weighted by Crippen LogP contribution is 2.34. The number of benzene rings is 1. The largest absolute Gasteiger partial charge is 0.376 e. The van der Waals surface area contributed by atoms with E-state index in [1.807, 2.05) is 0 Å². The van der Waals surface area contributed by atoms with E-state index in [1.165, 1.54) is 12.1 Å². The first kappa shape index (κ1) is 14.7. The fraction of sp³-hybridized carbons (Fsp3) is 0.286. The molecule has 1 unspecified atom stereocenters. The van der Waals surface area contributed by atoms with Crippen molar-refractivity contribution >= 4 is 23.2 Å². The van der Waals surface area contributed by atoms with Gasteiger partial charge in [-0.2, -0.15) is 0 Å². The van der Waals surface area contributed by atoms with E-state index in [0.29, 0.717) is 36.8 Å². The van der Waals surface area contributed by atoms with Crippen LogP contribution in [0.15, 0.2) is 24.3 Å². The van der Waals surface area contributed by atoms with E-state index in [1.54, 1.807) is 12.1 Å². The molecule has 0 saturated carbocycles. The van der Waals surface area contributed by atoms with Crippen LogP contribution in [-0.4, -0.2) is 29.8 Å². The smallest absolute Gasteiger partial charge is 0.162 e. The Bertz CT molecular complexity index is 623. The molecule has 21 heavy (non-hydrogen) atoms. The van der Waals surface area contributed by atoms with Gasteiger partial charge in [-0.1, -0.05) is 35.3 Å². The summed E-state index contributed by atoms with van der Waals surface area (Å²) < 4.78 is 23.8. The molecule has 0 bridgehead atoms. The third-order valence-corrected chi connectivity index (χ3v) is 3.62. The van der Waals surface area contributed by atoms with Gasteiger partial charge in [0, 0.05) is 0 Å². The van der Waals surface area contributed by atoms with Crippen LogP contribution in [0.3, 0.4) is 0 Å². The minimum Gasteiger partial charge on any atom is -0.376 e. The summed E-state index contributed by atoms with van der Waals surface area (Å²) in [5.74, 6) is 0.0480. The Balaban J connectivity index is 1.97. The predicted molar refractivity (Wildman–Crippen MR) is 77.0 cm³/mol. The Morgan fingerprint density at radius 1 is 1.05 bits per heavy atom. The Morgan fingerprint density at radius 3 is 2.29 bits per heavy atom. The van der Waals surface area contributed by atoms with Crippen molar-refractivity contribution in [2.75, 3.05) is 19.8 Å². The van der Waals surface area contributed by atoms with E-state index in [9.17, 15) is 4.39 Å². The summed E-state index contributed by atoms with van der Waals surface area (Å²) in [6.07, 6.45) is -0.379. The number of nitrogens with zero attached hydrogens (tertiary/aromatic N) is 2. The molecule has 0 N–H and O–H groups in total. The molecule has 1 atom stereocenters. The van der Waals surface area contributed by atoms with Gasteiger partial charge in [0.05, 0.1) is 25.4 Å². The molecule has 3 rings (SSSR count). The van der Waals surface area contributed by atoms with Gasteiger partial charge in [0.25, 0.3) is 0 Å². The Hall–Kier alpha value is -1.27. The van der Waals surface area contributed by atoms with Crippen LogP contribution in [0.5, 0.6) is 0 Å². The van der Waals surface area contributed by atoms with Crippen LogP contribution in [0, 0.1) is 5.82 Å². The summed E-state index contributed by atoms with van der Waals surface area (Å²) in [5.41, 5.74) is 1.12. The van der Waals surface area contributed by atoms with Crippen LogP contribution in [0.25, 0.3) is 11.1 Å². The molecule has 0 spiro atoms. The first-order valence-corrected chi connectivity index (χ1v) is 7.09. The quantitative estimate of drug-likeness (QED) is 0.789. The van der Waals surface area contributed by atoms with Gasteiger partial charge in [-0.25, -0.2) is 14.4 Å². The topological polar surface area (TPSA) is 44.2 Å². The molecular formula is C14H11Cl2FN2O2.